The number of sulfonamides is 1. The highest BCUT2D eigenvalue weighted by Gasteiger charge is 2.26. The van der Waals surface area contributed by atoms with Crippen LogP contribution in [0.4, 0.5) is 0 Å². The molecule has 0 bridgehead atoms. The van der Waals surface area contributed by atoms with Crippen LogP contribution in [0.1, 0.15) is 18.0 Å². The number of carbonyl (C=O) groups is 1. The van der Waals surface area contributed by atoms with Gasteiger partial charge in [0.15, 0.2) is 11.5 Å². The molecule has 1 aliphatic rings. The Balaban J connectivity index is 1.89. The summed E-state index contributed by atoms with van der Waals surface area (Å²) in [5.41, 5.74) is 0.557. The van der Waals surface area contributed by atoms with E-state index >= 15 is 0 Å². The monoisotopic (exact) mass is 393 g/mol. The third kappa shape index (κ3) is 4.32. The normalized spacial score (nSPS) is 13.9. The number of nitrogens with one attached hydrogen (secondary N) is 1. The molecule has 0 aromatic heterocycles. The van der Waals surface area contributed by atoms with Crippen molar-refractivity contribution in [1.82, 2.24) is 4.72 Å². The number of fused-ring (bicyclic) bond motifs is 1. The number of esters is 1. The Bertz CT molecular complexity index is 925. The standard InChI is InChI=1S/C18H19NO7S/c1-23-13-4-6-14(7-5-13)27(21,22)19-15(10-18(20)24-2)12-3-8-16-17(9-12)26-11-25-16/h3-9,15,19H,10-11H2,1-2H3/t15-/m1/s1. The van der Waals surface area contributed by atoms with Crippen molar-refractivity contribution in [3.05, 3.63) is 48.0 Å². The van der Waals surface area contributed by atoms with Crippen molar-refractivity contribution in [1.29, 1.82) is 0 Å². The molecule has 0 amide bonds. The summed E-state index contributed by atoms with van der Waals surface area (Å²) in [7, 11) is -1.15. The number of rotatable bonds is 7. The zero-order valence-corrected chi connectivity index (χ0v) is 15.6. The van der Waals surface area contributed by atoms with Crippen molar-refractivity contribution in [2.24, 2.45) is 0 Å². The van der Waals surface area contributed by atoms with E-state index in [4.69, 9.17) is 18.9 Å². The fourth-order valence-corrected chi connectivity index (χ4v) is 3.84. The molecule has 0 radical (unpaired) electrons. The van der Waals surface area contributed by atoms with Crippen LogP contribution in [0.5, 0.6) is 17.2 Å². The molecule has 0 fully saturated rings. The topological polar surface area (TPSA) is 100 Å². The lowest BCUT2D eigenvalue weighted by Gasteiger charge is -2.19. The lowest BCUT2D eigenvalue weighted by molar-refractivity contribution is -0.141. The second kappa shape index (κ2) is 7.85. The van der Waals surface area contributed by atoms with Gasteiger partial charge in [-0.2, -0.15) is 0 Å². The summed E-state index contributed by atoms with van der Waals surface area (Å²) in [4.78, 5) is 11.9. The lowest BCUT2D eigenvalue weighted by atomic mass is 10.0. The minimum absolute atomic E-state index is 0.0545. The minimum Gasteiger partial charge on any atom is -0.497 e. The first kappa shape index (κ1) is 19.0. The third-order valence-corrected chi connectivity index (χ3v) is 5.55. The molecular formula is C18H19NO7S. The van der Waals surface area contributed by atoms with Crippen LogP contribution in [0.15, 0.2) is 47.4 Å². The lowest BCUT2D eigenvalue weighted by Crippen LogP contribution is -2.30. The predicted molar refractivity (Wildman–Crippen MR) is 95.3 cm³/mol. The SMILES string of the molecule is COC(=O)C[C@@H](NS(=O)(=O)c1ccc(OC)cc1)c1ccc2c(c1)OCO2. The Morgan fingerprint density at radius 2 is 1.81 bits per heavy atom. The number of hydrogen-bond donors (Lipinski definition) is 1. The Morgan fingerprint density at radius 1 is 1.11 bits per heavy atom. The van der Waals surface area contributed by atoms with E-state index in [0.717, 1.165) is 0 Å². The molecule has 3 rings (SSSR count). The van der Waals surface area contributed by atoms with Crippen LogP contribution in [0.2, 0.25) is 0 Å². The Hall–Kier alpha value is -2.78. The van der Waals surface area contributed by atoms with Gasteiger partial charge in [-0.05, 0) is 42.0 Å². The molecule has 2 aromatic carbocycles. The predicted octanol–water partition coefficient (Wildman–Crippen LogP) is 2.01. The highest BCUT2D eigenvalue weighted by Crippen LogP contribution is 2.35. The molecule has 0 aliphatic carbocycles. The average molecular weight is 393 g/mol. The van der Waals surface area contributed by atoms with Crippen LogP contribution in [0, 0.1) is 0 Å². The van der Waals surface area contributed by atoms with Crippen molar-refractivity contribution < 1.29 is 32.2 Å². The van der Waals surface area contributed by atoms with Crippen molar-refractivity contribution in [3.63, 3.8) is 0 Å². The van der Waals surface area contributed by atoms with Crippen molar-refractivity contribution in [2.75, 3.05) is 21.0 Å². The molecule has 144 valence electrons. The molecule has 1 atom stereocenters. The molecule has 8 nitrogen and oxygen atoms in total. The van der Waals surface area contributed by atoms with E-state index in [-0.39, 0.29) is 18.1 Å². The van der Waals surface area contributed by atoms with Crippen LogP contribution >= 0.6 is 0 Å². The van der Waals surface area contributed by atoms with Crippen molar-refractivity contribution >= 4 is 16.0 Å². The van der Waals surface area contributed by atoms with Crippen LogP contribution in [-0.2, 0) is 19.6 Å². The first-order valence-electron chi connectivity index (χ1n) is 8.05. The van der Waals surface area contributed by atoms with Gasteiger partial charge in [-0.25, -0.2) is 13.1 Å². The molecule has 27 heavy (non-hydrogen) atoms. The minimum atomic E-state index is -3.89. The first-order chi connectivity index (χ1) is 12.9. The van der Waals surface area contributed by atoms with E-state index in [0.29, 0.717) is 22.8 Å². The highest BCUT2D eigenvalue weighted by molar-refractivity contribution is 7.89. The zero-order valence-electron chi connectivity index (χ0n) is 14.8. The van der Waals surface area contributed by atoms with Gasteiger partial charge in [0.1, 0.15) is 5.75 Å². The van der Waals surface area contributed by atoms with E-state index in [2.05, 4.69) is 4.72 Å². The van der Waals surface area contributed by atoms with Gasteiger partial charge < -0.3 is 18.9 Å². The van der Waals surface area contributed by atoms with E-state index in [1.165, 1.54) is 26.4 Å². The first-order valence-corrected chi connectivity index (χ1v) is 9.54. The summed E-state index contributed by atoms with van der Waals surface area (Å²) in [5, 5.41) is 0. The third-order valence-electron chi connectivity index (χ3n) is 4.06. The van der Waals surface area contributed by atoms with E-state index in [9.17, 15) is 13.2 Å². The van der Waals surface area contributed by atoms with Crippen LogP contribution in [0.25, 0.3) is 0 Å². The average Bonchev–Trinajstić information content (AvgIpc) is 3.15. The molecular weight excluding hydrogens is 374 g/mol. The Kier molecular flexibility index (Phi) is 5.52. The van der Waals surface area contributed by atoms with Gasteiger partial charge in [0.2, 0.25) is 16.8 Å². The van der Waals surface area contributed by atoms with Gasteiger partial charge in [-0.3, -0.25) is 4.79 Å². The van der Waals surface area contributed by atoms with Gasteiger partial charge in [0, 0.05) is 0 Å². The molecule has 1 heterocycles. The van der Waals surface area contributed by atoms with E-state index in [1.54, 1.807) is 30.3 Å². The zero-order chi connectivity index (χ0) is 19.4. The van der Waals surface area contributed by atoms with E-state index in [1.807, 2.05) is 0 Å². The summed E-state index contributed by atoms with van der Waals surface area (Å²) in [6, 6.07) is 10.1. The Morgan fingerprint density at radius 3 is 2.48 bits per heavy atom. The van der Waals surface area contributed by atoms with Crippen LogP contribution in [-0.4, -0.2) is 35.4 Å². The van der Waals surface area contributed by atoms with Crippen LogP contribution < -0.4 is 18.9 Å². The fraction of sp³-hybridized carbons (Fsp3) is 0.278. The van der Waals surface area contributed by atoms with Crippen molar-refractivity contribution in [3.8, 4) is 17.2 Å². The molecule has 9 heteroatoms. The molecule has 2 aromatic rings. The van der Waals surface area contributed by atoms with Gasteiger partial charge >= 0.3 is 5.97 Å². The number of methoxy groups -OCH3 is 2. The summed E-state index contributed by atoms with van der Waals surface area (Å²) in [6.07, 6.45) is -0.175. The number of ether oxygens (including phenoxy) is 4. The molecule has 0 saturated heterocycles. The molecule has 0 unspecified atom stereocenters. The number of hydrogen-bond acceptors (Lipinski definition) is 7. The number of benzene rings is 2. The quantitative estimate of drug-likeness (QED) is 0.718. The summed E-state index contributed by atoms with van der Waals surface area (Å²) in [5.74, 6) is 1.05. The molecule has 1 aliphatic heterocycles. The summed E-state index contributed by atoms with van der Waals surface area (Å²) in [6.45, 7) is 0.0953. The van der Waals surface area contributed by atoms with Gasteiger partial charge in [0.25, 0.3) is 0 Å². The second-order valence-corrected chi connectivity index (χ2v) is 7.46. The van der Waals surface area contributed by atoms with Crippen LogP contribution in [0.3, 0.4) is 0 Å². The fourth-order valence-electron chi connectivity index (χ4n) is 2.62. The highest BCUT2D eigenvalue weighted by atomic mass is 32.2. The molecule has 0 saturated carbocycles. The molecule has 0 spiro atoms. The maximum Gasteiger partial charge on any atom is 0.307 e. The largest absolute Gasteiger partial charge is 0.497 e. The maximum absolute atomic E-state index is 12.8. The van der Waals surface area contributed by atoms with Gasteiger partial charge in [-0.1, -0.05) is 6.07 Å². The number of carbonyl (C=O) groups excluding carboxylic acids is 1. The maximum atomic E-state index is 12.8. The van der Waals surface area contributed by atoms with Gasteiger partial charge in [0.05, 0.1) is 31.6 Å². The molecule has 1 N–H and O–H groups in total. The summed E-state index contributed by atoms with van der Waals surface area (Å²) < 4.78 is 48.4. The van der Waals surface area contributed by atoms with Gasteiger partial charge in [-0.15, -0.1) is 0 Å². The smallest absolute Gasteiger partial charge is 0.307 e. The van der Waals surface area contributed by atoms with E-state index < -0.39 is 22.0 Å². The Labute approximate surface area is 157 Å². The second-order valence-electron chi connectivity index (χ2n) is 5.74. The summed E-state index contributed by atoms with van der Waals surface area (Å²) >= 11 is 0. The van der Waals surface area contributed by atoms with Crippen molar-refractivity contribution in [2.45, 2.75) is 17.4 Å².